The molecule has 1 heterocycles. The lowest BCUT2D eigenvalue weighted by atomic mass is 10.1. The van der Waals surface area contributed by atoms with E-state index in [-0.39, 0.29) is 0 Å². The van der Waals surface area contributed by atoms with Gasteiger partial charge in [-0.2, -0.15) is 0 Å². The molecule has 2 rings (SSSR count). The number of hydrogen-bond donors (Lipinski definition) is 1. The van der Waals surface area contributed by atoms with Gasteiger partial charge in [-0.15, -0.1) is 0 Å². The zero-order valence-electron chi connectivity index (χ0n) is 11.9. The van der Waals surface area contributed by atoms with Crippen molar-refractivity contribution in [1.29, 1.82) is 0 Å². The van der Waals surface area contributed by atoms with Crippen molar-refractivity contribution >= 4 is 21.6 Å². The first kappa shape index (κ1) is 14.8. The normalized spacial score (nSPS) is 20.8. The molecule has 0 amide bonds. The number of hydrogen-bond acceptors (Lipinski definition) is 3. The zero-order valence-corrected chi connectivity index (χ0v) is 13.5. The van der Waals surface area contributed by atoms with Gasteiger partial charge in [-0.25, -0.2) is 0 Å². The molecule has 3 nitrogen and oxygen atoms in total. The molecule has 0 spiro atoms. The Bertz CT molecular complexity index is 425. The van der Waals surface area contributed by atoms with E-state index in [0.717, 1.165) is 24.2 Å². The summed E-state index contributed by atoms with van der Waals surface area (Å²) in [6.45, 7) is 5.29. The summed E-state index contributed by atoms with van der Waals surface area (Å²) >= 11 is 3.57. The van der Waals surface area contributed by atoms with Crippen LogP contribution in [0, 0.1) is 5.92 Å². The molecule has 2 atom stereocenters. The predicted molar refractivity (Wildman–Crippen MR) is 83.8 cm³/mol. The van der Waals surface area contributed by atoms with Crippen LogP contribution in [0.5, 0.6) is 0 Å². The predicted octanol–water partition coefficient (Wildman–Crippen LogP) is 3.20. The van der Waals surface area contributed by atoms with Crippen LogP contribution in [0.15, 0.2) is 22.7 Å². The molecule has 1 aromatic rings. The average molecular weight is 327 g/mol. The first-order valence-corrected chi connectivity index (χ1v) is 7.65. The maximum absolute atomic E-state index is 5.28. The van der Waals surface area contributed by atoms with E-state index in [2.05, 4.69) is 51.3 Å². The van der Waals surface area contributed by atoms with E-state index in [1.165, 1.54) is 17.7 Å². The molecule has 1 fully saturated rings. The third-order valence-electron chi connectivity index (χ3n) is 3.92. The maximum atomic E-state index is 5.28. The van der Waals surface area contributed by atoms with Gasteiger partial charge in [-0.05, 0) is 44.2 Å². The molecule has 19 heavy (non-hydrogen) atoms. The highest BCUT2D eigenvalue weighted by molar-refractivity contribution is 9.10. The number of benzene rings is 1. The van der Waals surface area contributed by atoms with Crippen molar-refractivity contribution in [3.63, 3.8) is 0 Å². The highest BCUT2D eigenvalue weighted by Crippen LogP contribution is 2.32. The Kier molecular flexibility index (Phi) is 5.25. The first-order valence-electron chi connectivity index (χ1n) is 6.86. The van der Waals surface area contributed by atoms with Crippen molar-refractivity contribution in [2.75, 3.05) is 38.8 Å². The molecule has 1 aliphatic heterocycles. The molecular weight excluding hydrogens is 304 g/mol. The van der Waals surface area contributed by atoms with Gasteiger partial charge in [0.05, 0.1) is 6.61 Å². The summed E-state index contributed by atoms with van der Waals surface area (Å²) < 4.78 is 6.42. The summed E-state index contributed by atoms with van der Waals surface area (Å²) in [5, 5.41) is 3.34. The van der Waals surface area contributed by atoms with E-state index < -0.39 is 0 Å². The Hall–Kier alpha value is -0.580. The smallest absolute Gasteiger partial charge is 0.0508 e. The summed E-state index contributed by atoms with van der Waals surface area (Å²) in [5.74, 6) is 0.659. The Morgan fingerprint density at radius 3 is 3.00 bits per heavy atom. The van der Waals surface area contributed by atoms with Crippen LogP contribution in [0.3, 0.4) is 0 Å². The second-order valence-corrected chi connectivity index (χ2v) is 6.19. The number of nitrogens with zero attached hydrogens (tertiary/aromatic N) is 1. The van der Waals surface area contributed by atoms with Crippen molar-refractivity contribution in [1.82, 2.24) is 5.32 Å². The third-order valence-corrected chi connectivity index (χ3v) is 4.41. The molecule has 4 heteroatoms. The summed E-state index contributed by atoms with van der Waals surface area (Å²) in [7, 11) is 3.80. The lowest BCUT2D eigenvalue weighted by Gasteiger charge is -2.25. The van der Waals surface area contributed by atoms with Gasteiger partial charge in [0.2, 0.25) is 0 Å². The van der Waals surface area contributed by atoms with Crippen LogP contribution in [0.1, 0.15) is 24.9 Å². The monoisotopic (exact) mass is 326 g/mol. The van der Waals surface area contributed by atoms with Crippen molar-refractivity contribution in [2.45, 2.75) is 19.4 Å². The highest BCUT2D eigenvalue weighted by Gasteiger charge is 2.25. The van der Waals surface area contributed by atoms with Gasteiger partial charge in [0.15, 0.2) is 0 Å². The standard InChI is InChI=1S/C15H23BrN2O/c1-11(17-2)14-8-13(16)4-5-15(14)18-7-6-12(9-18)10-19-3/h4-5,8,11-12,17H,6-7,9-10H2,1-3H3. The van der Waals surface area contributed by atoms with Crippen LogP contribution in [0.25, 0.3) is 0 Å². The molecule has 1 saturated heterocycles. The fourth-order valence-corrected chi connectivity index (χ4v) is 3.12. The fourth-order valence-electron chi connectivity index (χ4n) is 2.74. The molecule has 2 unspecified atom stereocenters. The maximum Gasteiger partial charge on any atom is 0.0508 e. The number of nitrogens with one attached hydrogen (secondary N) is 1. The van der Waals surface area contributed by atoms with Crippen LogP contribution in [-0.4, -0.2) is 33.9 Å². The van der Waals surface area contributed by atoms with Crippen LogP contribution in [0.2, 0.25) is 0 Å². The zero-order chi connectivity index (χ0) is 13.8. The lowest BCUT2D eigenvalue weighted by molar-refractivity contribution is 0.161. The topological polar surface area (TPSA) is 24.5 Å². The minimum absolute atomic E-state index is 0.356. The number of anilines is 1. The van der Waals surface area contributed by atoms with Gasteiger partial charge in [-0.3, -0.25) is 0 Å². The summed E-state index contributed by atoms with van der Waals surface area (Å²) in [6, 6.07) is 6.93. The molecule has 0 saturated carbocycles. The second-order valence-electron chi connectivity index (χ2n) is 5.27. The van der Waals surface area contributed by atoms with Crippen LogP contribution in [-0.2, 0) is 4.74 Å². The molecular formula is C15H23BrN2O. The molecule has 0 aliphatic carbocycles. The van der Waals surface area contributed by atoms with E-state index in [0.29, 0.717) is 12.0 Å². The van der Waals surface area contributed by atoms with Crippen LogP contribution >= 0.6 is 15.9 Å². The molecule has 0 aromatic heterocycles. The first-order chi connectivity index (χ1) is 9.15. The number of rotatable bonds is 5. The van der Waals surface area contributed by atoms with Crippen LogP contribution < -0.4 is 10.2 Å². The second kappa shape index (κ2) is 6.73. The third kappa shape index (κ3) is 3.50. The number of ether oxygens (including phenoxy) is 1. The number of halogens is 1. The molecule has 106 valence electrons. The van der Waals surface area contributed by atoms with Gasteiger partial charge in [-0.1, -0.05) is 15.9 Å². The highest BCUT2D eigenvalue weighted by atomic mass is 79.9. The summed E-state index contributed by atoms with van der Waals surface area (Å²) in [6.07, 6.45) is 1.22. The number of methoxy groups -OCH3 is 1. The van der Waals surface area contributed by atoms with E-state index in [9.17, 15) is 0 Å². The Labute approximate surface area is 124 Å². The Balaban J connectivity index is 2.20. The van der Waals surface area contributed by atoms with E-state index in [1.54, 1.807) is 7.11 Å². The van der Waals surface area contributed by atoms with Gasteiger partial charge >= 0.3 is 0 Å². The fraction of sp³-hybridized carbons (Fsp3) is 0.600. The van der Waals surface area contributed by atoms with Crippen molar-refractivity contribution in [3.8, 4) is 0 Å². The molecule has 0 radical (unpaired) electrons. The lowest BCUT2D eigenvalue weighted by Crippen LogP contribution is -2.24. The molecule has 1 aromatic carbocycles. The average Bonchev–Trinajstić information content (AvgIpc) is 2.86. The summed E-state index contributed by atoms with van der Waals surface area (Å²) in [5.41, 5.74) is 2.71. The van der Waals surface area contributed by atoms with E-state index >= 15 is 0 Å². The van der Waals surface area contributed by atoms with Crippen molar-refractivity contribution in [3.05, 3.63) is 28.2 Å². The van der Waals surface area contributed by atoms with E-state index in [4.69, 9.17) is 4.74 Å². The van der Waals surface area contributed by atoms with Gasteiger partial charge in [0, 0.05) is 42.3 Å². The van der Waals surface area contributed by atoms with Crippen LogP contribution in [0.4, 0.5) is 5.69 Å². The molecule has 1 N–H and O–H groups in total. The minimum atomic E-state index is 0.356. The van der Waals surface area contributed by atoms with E-state index in [1.807, 2.05) is 7.05 Å². The van der Waals surface area contributed by atoms with Gasteiger partial charge in [0.1, 0.15) is 0 Å². The van der Waals surface area contributed by atoms with Crippen molar-refractivity contribution < 1.29 is 4.74 Å². The van der Waals surface area contributed by atoms with Gasteiger partial charge < -0.3 is 15.0 Å². The largest absolute Gasteiger partial charge is 0.384 e. The molecule has 1 aliphatic rings. The summed E-state index contributed by atoms with van der Waals surface area (Å²) in [4.78, 5) is 2.49. The van der Waals surface area contributed by atoms with Gasteiger partial charge in [0.25, 0.3) is 0 Å². The Morgan fingerprint density at radius 1 is 1.53 bits per heavy atom. The van der Waals surface area contributed by atoms with Crippen molar-refractivity contribution in [2.24, 2.45) is 5.92 Å². The molecule has 0 bridgehead atoms. The SMILES string of the molecule is CNC(C)c1cc(Br)ccc1N1CCC(COC)C1. The quantitative estimate of drug-likeness (QED) is 0.899. The Morgan fingerprint density at radius 2 is 2.32 bits per heavy atom. The minimum Gasteiger partial charge on any atom is -0.384 e.